The van der Waals surface area contributed by atoms with E-state index in [1.54, 1.807) is 11.8 Å². The largest absolute Gasteiger partial charge is 0.353 e. The van der Waals surface area contributed by atoms with Crippen molar-refractivity contribution in [3.8, 4) is 0 Å². The van der Waals surface area contributed by atoms with E-state index in [0.29, 0.717) is 4.75 Å². The van der Waals surface area contributed by atoms with Gasteiger partial charge in [0.1, 0.15) is 0 Å². The topological polar surface area (TPSA) is 41.1 Å². The Bertz CT molecular complexity index is 225. The summed E-state index contributed by atoms with van der Waals surface area (Å²) in [6, 6.07) is 0.0395. The molecule has 0 bridgehead atoms. The van der Waals surface area contributed by atoms with Crippen LogP contribution in [0.1, 0.15) is 12.8 Å². The molecule has 14 heavy (non-hydrogen) atoms. The Hall–Kier alpha value is 0.130. The third-order valence-corrected chi connectivity index (χ3v) is 5.22. The third-order valence-electron chi connectivity index (χ3n) is 2.86. The quantitative estimate of drug-likeness (QED) is 0.747. The molecule has 2 N–H and O–H groups in total. The number of hydrogen-bond acceptors (Lipinski definition) is 4. The zero-order valence-electron chi connectivity index (χ0n) is 8.34. The Labute approximate surface area is 93.2 Å². The summed E-state index contributed by atoms with van der Waals surface area (Å²) < 4.78 is 0.376. The van der Waals surface area contributed by atoms with Crippen molar-refractivity contribution in [3.63, 3.8) is 0 Å². The minimum atomic E-state index is 0.0395. The van der Waals surface area contributed by atoms with Crippen LogP contribution < -0.4 is 10.6 Å². The van der Waals surface area contributed by atoms with Crippen LogP contribution in [0.2, 0.25) is 0 Å². The molecule has 1 unspecified atom stereocenters. The average Bonchev–Trinajstić information content (AvgIpc) is 2.78. The fourth-order valence-electron chi connectivity index (χ4n) is 1.53. The highest BCUT2D eigenvalue weighted by atomic mass is 32.2. The van der Waals surface area contributed by atoms with Crippen molar-refractivity contribution in [2.24, 2.45) is 0 Å². The van der Waals surface area contributed by atoms with Gasteiger partial charge >= 0.3 is 0 Å². The van der Waals surface area contributed by atoms with Crippen molar-refractivity contribution in [1.82, 2.24) is 10.6 Å². The van der Waals surface area contributed by atoms with Gasteiger partial charge in [-0.1, -0.05) is 0 Å². The lowest BCUT2D eigenvalue weighted by Crippen LogP contribution is -2.44. The van der Waals surface area contributed by atoms with Gasteiger partial charge in [0.25, 0.3) is 0 Å². The molecule has 2 aliphatic rings. The van der Waals surface area contributed by atoms with Crippen LogP contribution in [0.5, 0.6) is 0 Å². The molecule has 0 radical (unpaired) electrons. The number of amides is 1. The molecule has 1 heterocycles. The Kier molecular flexibility index (Phi) is 3.29. The first kappa shape index (κ1) is 10.6. The predicted molar refractivity (Wildman–Crippen MR) is 62.7 cm³/mol. The lowest BCUT2D eigenvalue weighted by atomic mass is 10.3. The molecule has 0 spiro atoms. The number of rotatable bonds is 4. The molecule has 3 nitrogen and oxygen atoms in total. The number of hydrogen-bond donors (Lipinski definition) is 2. The van der Waals surface area contributed by atoms with Gasteiger partial charge in [0.05, 0.1) is 6.04 Å². The summed E-state index contributed by atoms with van der Waals surface area (Å²) in [5.74, 6) is 2.00. The van der Waals surface area contributed by atoms with Crippen LogP contribution in [0.3, 0.4) is 0 Å². The van der Waals surface area contributed by atoms with Gasteiger partial charge in [-0.05, 0) is 19.1 Å². The van der Waals surface area contributed by atoms with E-state index in [0.717, 1.165) is 18.2 Å². The predicted octanol–water partition coefficient (Wildman–Crippen LogP) is 0.661. The van der Waals surface area contributed by atoms with Crippen LogP contribution in [0.25, 0.3) is 0 Å². The van der Waals surface area contributed by atoms with Crippen LogP contribution in [0.4, 0.5) is 0 Å². The number of thioether (sulfide) groups is 2. The highest BCUT2D eigenvalue weighted by molar-refractivity contribution is 8.00. The number of nitrogens with one attached hydrogen (secondary N) is 2. The zero-order chi connectivity index (χ0) is 10.0. The maximum absolute atomic E-state index is 11.6. The SMILES string of the molecule is CSC1(CNC(=O)C2CSCN2)CC1. The van der Waals surface area contributed by atoms with Gasteiger partial charge in [-0.15, -0.1) is 11.8 Å². The normalized spacial score (nSPS) is 28.8. The second-order valence-electron chi connectivity index (χ2n) is 3.88. The van der Waals surface area contributed by atoms with Crippen LogP contribution >= 0.6 is 23.5 Å². The standard InChI is InChI=1S/C9H16N2OS2/c1-13-9(2-3-9)5-10-8(12)7-4-14-6-11-7/h7,11H,2-6H2,1H3,(H,10,12). The van der Waals surface area contributed by atoms with Crippen LogP contribution in [-0.2, 0) is 4.79 Å². The summed E-state index contributed by atoms with van der Waals surface area (Å²) >= 11 is 3.67. The molecule has 1 amide bonds. The smallest absolute Gasteiger partial charge is 0.238 e. The molecular weight excluding hydrogens is 216 g/mol. The first-order chi connectivity index (χ1) is 6.76. The van der Waals surface area contributed by atoms with E-state index in [9.17, 15) is 4.79 Å². The zero-order valence-corrected chi connectivity index (χ0v) is 9.97. The Morgan fingerprint density at radius 3 is 3.00 bits per heavy atom. The molecule has 1 saturated carbocycles. The summed E-state index contributed by atoms with van der Waals surface area (Å²) in [4.78, 5) is 11.6. The highest BCUT2D eigenvalue weighted by Gasteiger charge is 2.42. The molecule has 0 aromatic carbocycles. The van der Waals surface area contributed by atoms with E-state index in [2.05, 4.69) is 16.9 Å². The van der Waals surface area contributed by atoms with Gasteiger partial charge < -0.3 is 5.32 Å². The second kappa shape index (κ2) is 4.33. The Morgan fingerprint density at radius 1 is 1.71 bits per heavy atom. The van der Waals surface area contributed by atoms with Gasteiger partial charge in [-0.25, -0.2) is 0 Å². The molecule has 80 valence electrons. The fraction of sp³-hybridized carbons (Fsp3) is 0.889. The monoisotopic (exact) mass is 232 g/mol. The molecule has 5 heteroatoms. The number of carbonyl (C=O) groups is 1. The first-order valence-corrected chi connectivity index (χ1v) is 7.28. The molecule has 2 fully saturated rings. The van der Waals surface area contributed by atoms with E-state index in [-0.39, 0.29) is 11.9 Å². The number of carbonyl (C=O) groups excluding carboxylic acids is 1. The van der Waals surface area contributed by atoms with E-state index in [1.807, 2.05) is 11.8 Å². The highest BCUT2D eigenvalue weighted by Crippen LogP contribution is 2.46. The van der Waals surface area contributed by atoms with Gasteiger partial charge in [0.15, 0.2) is 0 Å². The molecule has 1 aliphatic carbocycles. The lowest BCUT2D eigenvalue weighted by molar-refractivity contribution is -0.122. The van der Waals surface area contributed by atoms with Crippen LogP contribution in [-0.4, -0.2) is 41.1 Å². The van der Waals surface area contributed by atoms with Gasteiger partial charge in [0.2, 0.25) is 5.91 Å². The molecule has 2 rings (SSSR count). The molecular formula is C9H16N2OS2. The summed E-state index contributed by atoms with van der Waals surface area (Å²) in [6.45, 7) is 0.843. The first-order valence-electron chi connectivity index (χ1n) is 4.90. The third kappa shape index (κ3) is 2.38. The molecule has 0 aromatic heterocycles. The summed E-state index contributed by atoms with van der Waals surface area (Å²) in [7, 11) is 0. The summed E-state index contributed by atoms with van der Waals surface area (Å²) in [5, 5.41) is 6.22. The molecule has 0 aromatic rings. The lowest BCUT2D eigenvalue weighted by Gasteiger charge is -2.15. The van der Waals surface area contributed by atoms with E-state index < -0.39 is 0 Å². The fourth-order valence-corrected chi connectivity index (χ4v) is 3.20. The molecule has 1 aliphatic heterocycles. The van der Waals surface area contributed by atoms with Gasteiger partial charge in [0, 0.05) is 22.9 Å². The minimum absolute atomic E-state index is 0.0395. The second-order valence-corrected chi connectivity index (χ2v) is 6.18. The van der Waals surface area contributed by atoms with E-state index >= 15 is 0 Å². The van der Waals surface area contributed by atoms with Crippen molar-refractivity contribution >= 4 is 29.4 Å². The van der Waals surface area contributed by atoms with Crippen molar-refractivity contribution in [3.05, 3.63) is 0 Å². The van der Waals surface area contributed by atoms with Gasteiger partial charge in [-0.2, -0.15) is 11.8 Å². The Morgan fingerprint density at radius 2 is 2.50 bits per heavy atom. The van der Waals surface area contributed by atoms with Crippen molar-refractivity contribution in [1.29, 1.82) is 0 Å². The maximum atomic E-state index is 11.6. The van der Waals surface area contributed by atoms with Crippen molar-refractivity contribution in [2.75, 3.05) is 24.4 Å². The van der Waals surface area contributed by atoms with E-state index in [4.69, 9.17) is 0 Å². The van der Waals surface area contributed by atoms with Crippen LogP contribution in [0, 0.1) is 0 Å². The summed E-state index contributed by atoms with van der Waals surface area (Å²) in [5.41, 5.74) is 0. The van der Waals surface area contributed by atoms with Crippen molar-refractivity contribution < 1.29 is 4.79 Å². The van der Waals surface area contributed by atoms with Crippen LogP contribution in [0.15, 0.2) is 0 Å². The van der Waals surface area contributed by atoms with E-state index in [1.165, 1.54) is 12.8 Å². The summed E-state index contributed by atoms with van der Waals surface area (Å²) in [6.07, 6.45) is 4.63. The Balaban J connectivity index is 1.72. The molecule has 1 saturated heterocycles. The minimum Gasteiger partial charge on any atom is -0.353 e. The van der Waals surface area contributed by atoms with Gasteiger partial charge in [-0.3, -0.25) is 10.1 Å². The van der Waals surface area contributed by atoms with Crippen molar-refractivity contribution in [2.45, 2.75) is 23.6 Å². The molecule has 1 atom stereocenters. The maximum Gasteiger partial charge on any atom is 0.238 e. The average molecular weight is 232 g/mol.